The smallest absolute Gasteiger partial charge is 0.325 e. The van der Waals surface area contributed by atoms with Crippen LogP contribution in [0.4, 0.5) is 10.5 Å². The van der Waals surface area contributed by atoms with Crippen molar-refractivity contribution in [3.05, 3.63) is 81.5 Å². The van der Waals surface area contributed by atoms with Crippen LogP contribution in [-0.4, -0.2) is 17.7 Å². The molecule has 2 atom stereocenters. The number of nitrogens with zero attached hydrogens (tertiary/aromatic N) is 1. The maximum Gasteiger partial charge on any atom is 0.325 e. The molecule has 2 unspecified atom stereocenters. The fourth-order valence-corrected chi connectivity index (χ4v) is 5.00. The Morgan fingerprint density at radius 2 is 2.13 bits per heavy atom. The van der Waals surface area contributed by atoms with Crippen molar-refractivity contribution in [2.75, 3.05) is 4.90 Å². The maximum absolute atomic E-state index is 13.1. The minimum absolute atomic E-state index is 0.102. The zero-order valence-electron chi connectivity index (χ0n) is 17.3. The molecule has 2 aliphatic heterocycles. The van der Waals surface area contributed by atoms with E-state index in [1.54, 1.807) is 34.4 Å². The number of fused-ring (bicyclic) bond motifs is 4. The van der Waals surface area contributed by atoms with Gasteiger partial charge in [-0.05, 0) is 49.6 Å². The second-order valence-corrected chi connectivity index (χ2v) is 9.20. The summed E-state index contributed by atoms with van der Waals surface area (Å²) in [5.74, 6) is 0.597. The van der Waals surface area contributed by atoms with Crippen molar-refractivity contribution < 1.29 is 14.3 Å². The van der Waals surface area contributed by atoms with Crippen molar-refractivity contribution in [3.63, 3.8) is 0 Å². The van der Waals surface area contributed by atoms with Crippen LogP contribution in [0.1, 0.15) is 45.7 Å². The molecule has 1 aromatic heterocycles. The molecule has 5 rings (SSSR count). The van der Waals surface area contributed by atoms with Gasteiger partial charge in [0.1, 0.15) is 5.75 Å². The van der Waals surface area contributed by atoms with Gasteiger partial charge in [0.05, 0.1) is 18.3 Å². The summed E-state index contributed by atoms with van der Waals surface area (Å²) in [6.07, 6.45) is 0.615. The van der Waals surface area contributed by atoms with Crippen molar-refractivity contribution in [2.45, 2.75) is 38.6 Å². The SMILES string of the molecule is Cc1ccc2c(c1)C1CC(C)(O2)N(c2cccc(C(=O)NCc3cccs3)c2)C(=O)N1. The second-order valence-electron chi connectivity index (χ2n) is 8.17. The number of amides is 3. The molecule has 7 heteroatoms. The fourth-order valence-electron chi connectivity index (χ4n) is 4.35. The predicted molar refractivity (Wildman–Crippen MR) is 121 cm³/mol. The molecule has 2 aliphatic rings. The van der Waals surface area contributed by atoms with Crippen LogP contribution in [0.3, 0.4) is 0 Å². The summed E-state index contributed by atoms with van der Waals surface area (Å²) in [6, 6.07) is 16.7. The lowest BCUT2D eigenvalue weighted by atomic mass is 9.89. The molecule has 158 valence electrons. The largest absolute Gasteiger partial charge is 0.467 e. The molecule has 0 spiro atoms. The number of ether oxygens (including phenoxy) is 1. The minimum atomic E-state index is -0.846. The number of rotatable bonds is 4. The van der Waals surface area contributed by atoms with E-state index in [0.29, 0.717) is 24.2 Å². The first-order valence-electron chi connectivity index (χ1n) is 10.2. The molecule has 31 heavy (non-hydrogen) atoms. The van der Waals surface area contributed by atoms with Crippen molar-refractivity contribution in [3.8, 4) is 5.75 Å². The highest BCUT2D eigenvalue weighted by Gasteiger charge is 2.49. The van der Waals surface area contributed by atoms with Crippen molar-refractivity contribution in [2.24, 2.45) is 0 Å². The van der Waals surface area contributed by atoms with Crippen LogP contribution in [-0.2, 0) is 6.54 Å². The number of benzene rings is 2. The van der Waals surface area contributed by atoms with Gasteiger partial charge in [-0.25, -0.2) is 4.79 Å². The molecule has 3 amide bonds. The molecule has 2 N–H and O–H groups in total. The first-order valence-corrected chi connectivity index (χ1v) is 11.1. The fraction of sp³-hybridized carbons (Fsp3) is 0.250. The predicted octanol–water partition coefficient (Wildman–Crippen LogP) is 4.76. The van der Waals surface area contributed by atoms with Gasteiger partial charge < -0.3 is 15.4 Å². The van der Waals surface area contributed by atoms with Gasteiger partial charge >= 0.3 is 6.03 Å². The van der Waals surface area contributed by atoms with Gasteiger partial charge in [0, 0.05) is 22.4 Å². The Labute approximate surface area is 184 Å². The van der Waals surface area contributed by atoms with Crippen molar-refractivity contribution in [1.29, 1.82) is 0 Å². The van der Waals surface area contributed by atoms with Gasteiger partial charge in [0.2, 0.25) is 0 Å². The van der Waals surface area contributed by atoms with Gasteiger partial charge in [-0.3, -0.25) is 9.69 Å². The molecule has 1 fully saturated rings. The number of thiophene rings is 1. The van der Waals surface area contributed by atoms with Crippen LogP contribution in [0.25, 0.3) is 0 Å². The third kappa shape index (κ3) is 3.55. The lowest BCUT2D eigenvalue weighted by Crippen LogP contribution is -2.65. The van der Waals surface area contributed by atoms with Gasteiger partial charge in [-0.15, -0.1) is 11.3 Å². The van der Waals surface area contributed by atoms with Crippen LogP contribution in [0, 0.1) is 6.92 Å². The molecule has 3 heterocycles. The molecule has 0 radical (unpaired) electrons. The maximum atomic E-state index is 13.1. The molecule has 2 bridgehead atoms. The van der Waals surface area contributed by atoms with Gasteiger partial charge in [-0.2, -0.15) is 0 Å². The summed E-state index contributed by atoms with van der Waals surface area (Å²) in [5.41, 5.74) is 2.41. The monoisotopic (exact) mass is 433 g/mol. The normalized spacial score (nSPS) is 21.7. The Balaban J connectivity index is 1.42. The van der Waals surface area contributed by atoms with E-state index < -0.39 is 5.72 Å². The zero-order chi connectivity index (χ0) is 21.6. The summed E-state index contributed by atoms with van der Waals surface area (Å²) >= 11 is 1.60. The lowest BCUT2D eigenvalue weighted by Gasteiger charge is -2.50. The molecule has 3 aromatic rings. The minimum Gasteiger partial charge on any atom is -0.467 e. The van der Waals surface area contributed by atoms with Crippen LogP contribution >= 0.6 is 11.3 Å². The van der Waals surface area contributed by atoms with E-state index in [9.17, 15) is 9.59 Å². The first kappa shape index (κ1) is 19.6. The Morgan fingerprint density at radius 3 is 2.94 bits per heavy atom. The van der Waals surface area contributed by atoms with Crippen molar-refractivity contribution >= 4 is 29.0 Å². The topological polar surface area (TPSA) is 70.7 Å². The third-order valence-corrected chi connectivity index (χ3v) is 6.67. The Hall–Kier alpha value is -3.32. The number of hydrogen-bond donors (Lipinski definition) is 2. The Kier molecular flexibility index (Phi) is 4.70. The molecule has 6 nitrogen and oxygen atoms in total. The van der Waals surface area contributed by atoms with E-state index in [2.05, 4.69) is 16.7 Å². The van der Waals surface area contributed by atoms with E-state index in [0.717, 1.165) is 21.8 Å². The zero-order valence-corrected chi connectivity index (χ0v) is 18.2. The number of nitrogens with one attached hydrogen (secondary N) is 2. The molecule has 0 saturated carbocycles. The summed E-state index contributed by atoms with van der Waals surface area (Å²) in [6.45, 7) is 4.43. The number of carbonyl (C=O) groups excluding carboxylic acids is 2. The third-order valence-electron chi connectivity index (χ3n) is 5.80. The van der Waals surface area contributed by atoms with Crippen LogP contribution in [0.2, 0.25) is 0 Å². The number of anilines is 1. The van der Waals surface area contributed by atoms with Crippen LogP contribution < -0.4 is 20.3 Å². The van der Waals surface area contributed by atoms with Gasteiger partial charge in [0.15, 0.2) is 5.72 Å². The van der Waals surface area contributed by atoms with E-state index in [-0.39, 0.29) is 18.0 Å². The molecule has 0 aliphatic carbocycles. The van der Waals surface area contributed by atoms with E-state index >= 15 is 0 Å². The molecule has 1 saturated heterocycles. The van der Waals surface area contributed by atoms with Crippen molar-refractivity contribution in [1.82, 2.24) is 10.6 Å². The summed E-state index contributed by atoms with van der Waals surface area (Å²) in [5, 5.41) is 8.02. The molecular weight excluding hydrogens is 410 g/mol. The second kappa shape index (κ2) is 7.42. The number of aryl methyl sites for hydroxylation is 1. The Morgan fingerprint density at radius 1 is 1.26 bits per heavy atom. The van der Waals surface area contributed by atoms with E-state index in [1.807, 2.05) is 49.6 Å². The lowest BCUT2D eigenvalue weighted by molar-refractivity contribution is 0.0378. The standard InChI is InChI=1S/C24H23N3O3S/c1-15-8-9-21-19(11-15)20-13-24(2,30-21)27(23(29)26-20)17-6-3-5-16(12-17)22(28)25-14-18-7-4-10-31-18/h3-12,20H,13-14H2,1-2H3,(H,25,28)(H,26,29). The quantitative estimate of drug-likeness (QED) is 0.623. The molecule has 2 aromatic carbocycles. The number of carbonyl (C=O) groups is 2. The number of urea groups is 1. The van der Waals surface area contributed by atoms with Crippen LogP contribution in [0.5, 0.6) is 5.75 Å². The van der Waals surface area contributed by atoms with Crippen LogP contribution in [0.15, 0.2) is 60.0 Å². The number of hydrogen-bond acceptors (Lipinski definition) is 4. The average molecular weight is 434 g/mol. The van der Waals surface area contributed by atoms with Gasteiger partial charge in [-0.1, -0.05) is 29.8 Å². The average Bonchev–Trinajstić information content (AvgIpc) is 3.26. The molecular formula is C24H23N3O3S. The first-order chi connectivity index (χ1) is 14.9. The summed E-state index contributed by atoms with van der Waals surface area (Å²) < 4.78 is 6.35. The van der Waals surface area contributed by atoms with E-state index in [1.165, 1.54) is 0 Å². The Bertz CT molecular complexity index is 1160. The summed E-state index contributed by atoms with van der Waals surface area (Å²) in [4.78, 5) is 28.5. The highest BCUT2D eigenvalue weighted by atomic mass is 32.1. The highest BCUT2D eigenvalue weighted by Crippen LogP contribution is 2.45. The highest BCUT2D eigenvalue weighted by molar-refractivity contribution is 7.09. The van der Waals surface area contributed by atoms with Gasteiger partial charge in [0.25, 0.3) is 5.91 Å². The van der Waals surface area contributed by atoms with E-state index in [4.69, 9.17) is 4.74 Å². The summed E-state index contributed by atoms with van der Waals surface area (Å²) in [7, 11) is 0.